The number of fused-ring (bicyclic) bond motifs is 2. The van der Waals surface area contributed by atoms with E-state index in [-0.39, 0.29) is 0 Å². The van der Waals surface area contributed by atoms with Gasteiger partial charge in [-0.3, -0.25) is 4.98 Å². The van der Waals surface area contributed by atoms with E-state index in [4.69, 9.17) is 14.5 Å². The van der Waals surface area contributed by atoms with Crippen LogP contribution in [0.4, 0.5) is 5.69 Å². The molecule has 0 radical (unpaired) electrons. The summed E-state index contributed by atoms with van der Waals surface area (Å²) in [4.78, 5) is 7.55. The van der Waals surface area contributed by atoms with Gasteiger partial charge in [0.15, 0.2) is 11.5 Å². The van der Waals surface area contributed by atoms with Crippen LogP contribution in [0.1, 0.15) is 57.2 Å². The highest BCUT2D eigenvalue weighted by Gasteiger charge is 2.21. The van der Waals surface area contributed by atoms with Crippen LogP contribution in [0.2, 0.25) is 0 Å². The molecule has 4 rings (SSSR count). The number of pyridine rings is 1. The summed E-state index contributed by atoms with van der Waals surface area (Å²) in [6.45, 7) is 8.68. The molecule has 0 spiro atoms. The Hall–Kier alpha value is -2.01. The molecule has 0 atom stereocenters. The molecule has 1 aliphatic carbocycles. The van der Waals surface area contributed by atoms with Crippen LogP contribution in [0.25, 0.3) is 10.9 Å². The van der Waals surface area contributed by atoms with Gasteiger partial charge < -0.3 is 19.7 Å². The van der Waals surface area contributed by atoms with Crippen molar-refractivity contribution in [3.8, 4) is 11.5 Å². The smallest absolute Gasteiger partial charge is 0.163 e. The Morgan fingerprint density at radius 1 is 1.07 bits per heavy atom. The van der Waals surface area contributed by atoms with Crippen LogP contribution < -0.4 is 14.8 Å². The molecule has 158 valence electrons. The molecule has 2 heterocycles. The number of hydrogen-bond acceptors (Lipinski definition) is 5. The third-order valence-corrected chi connectivity index (χ3v) is 6.06. The minimum absolute atomic E-state index is 0.374. The number of ether oxygens (including phenoxy) is 2. The van der Waals surface area contributed by atoms with Crippen LogP contribution in [0.15, 0.2) is 12.1 Å². The van der Waals surface area contributed by atoms with Crippen LogP contribution in [0, 0.1) is 0 Å². The monoisotopic (exact) mass is 397 g/mol. The van der Waals surface area contributed by atoms with Gasteiger partial charge in [0, 0.05) is 35.4 Å². The van der Waals surface area contributed by atoms with Gasteiger partial charge in [-0.1, -0.05) is 0 Å². The second-order valence-electron chi connectivity index (χ2n) is 8.69. The van der Waals surface area contributed by atoms with E-state index in [9.17, 15) is 0 Å². The second-order valence-corrected chi connectivity index (χ2v) is 8.69. The molecule has 1 saturated heterocycles. The summed E-state index contributed by atoms with van der Waals surface area (Å²) in [5, 5.41) is 4.83. The average Bonchev–Trinajstić information content (AvgIpc) is 3.24. The Bertz CT molecular complexity index is 844. The van der Waals surface area contributed by atoms with E-state index in [1.165, 1.54) is 55.7 Å². The second kappa shape index (κ2) is 9.21. The van der Waals surface area contributed by atoms with Crippen molar-refractivity contribution in [2.45, 2.75) is 64.8 Å². The lowest BCUT2D eigenvalue weighted by Crippen LogP contribution is -2.22. The minimum Gasteiger partial charge on any atom is -0.493 e. The van der Waals surface area contributed by atoms with Crippen molar-refractivity contribution in [1.29, 1.82) is 0 Å². The molecule has 1 aliphatic heterocycles. The predicted molar refractivity (Wildman–Crippen MR) is 119 cm³/mol. The highest BCUT2D eigenvalue weighted by molar-refractivity contribution is 5.96. The van der Waals surface area contributed by atoms with Crippen molar-refractivity contribution in [3.05, 3.63) is 23.4 Å². The van der Waals surface area contributed by atoms with Gasteiger partial charge in [-0.05, 0) is 83.5 Å². The molecular formula is C24H35N3O2. The van der Waals surface area contributed by atoms with Crippen molar-refractivity contribution in [2.24, 2.45) is 0 Å². The van der Waals surface area contributed by atoms with E-state index in [1.807, 2.05) is 0 Å². The number of benzene rings is 1. The van der Waals surface area contributed by atoms with E-state index < -0.39 is 0 Å². The normalized spacial score (nSPS) is 17.0. The molecule has 1 fully saturated rings. The minimum atomic E-state index is 0.374. The molecule has 1 aromatic heterocycles. The number of aryl methyl sites for hydroxylation is 1. The zero-order valence-electron chi connectivity index (χ0n) is 18.2. The fourth-order valence-electron chi connectivity index (χ4n) is 4.63. The van der Waals surface area contributed by atoms with Crippen molar-refractivity contribution < 1.29 is 9.47 Å². The highest BCUT2D eigenvalue weighted by atomic mass is 16.5. The average molecular weight is 398 g/mol. The lowest BCUT2D eigenvalue weighted by Gasteiger charge is -2.24. The summed E-state index contributed by atoms with van der Waals surface area (Å²) in [5.41, 5.74) is 4.87. The maximum atomic E-state index is 6.15. The van der Waals surface area contributed by atoms with Gasteiger partial charge in [0.1, 0.15) is 0 Å². The first kappa shape index (κ1) is 20.3. The first-order valence-corrected chi connectivity index (χ1v) is 11.3. The fraction of sp³-hybridized carbons (Fsp3) is 0.625. The van der Waals surface area contributed by atoms with Gasteiger partial charge in [0.05, 0.1) is 19.2 Å². The van der Waals surface area contributed by atoms with Crippen molar-refractivity contribution >= 4 is 16.6 Å². The van der Waals surface area contributed by atoms with Crippen LogP contribution in [0.3, 0.4) is 0 Å². The predicted octanol–water partition coefficient (Wildman–Crippen LogP) is 4.81. The maximum Gasteiger partial charge on any atom is 0.163 e. The van der Waals surface area contributed by atoms with Crippen LogP contribution in [0.5, 0.6) is 11.5 Å². The largest absolute Gasteiger partial charge is 0.493 e. The molecule has 0 bridgehead atoms. The lowest BCUT2D eigenvalue weighted by atomic mass is 9.92. The van der Waals surface area contributed by atoms with Gasteiger partial charge in [-0.2, -0.15) is 0 Å². The molecular weight excluding hydrogens is 362 g/mol. The molecule has 5 heteroatoms. The van der Waals surface area contributed by atoms with E-state index in [0.29, 0.717) is 12.6 Å². The summed E-state index contributed by atoms with van der Waals surface area (Å²) >= 11 is 0. The summed E-state index contributed by atoms with van der Waals surface area (Å²) < 4.78 is 11.8. The van der Waals surface area contributed by atoms with E-state index in [0.717, 1.165) is 48.2 Å². The summed E-state index contributed by atoms with van der Waals surface area (Å²) in [6, 6.07) is 4.56. The molecule has 29 heavy (non-hydrogen) atoms. The molecule has 5 nitrogen and oxygen atoms in total. The zero-order chi connectivity index (χ0) is 20.2. The molecule has 0 saturated carbocycles. The van der Waals surface area contributed by atoms with Crippen molar-refractivity contribution in [2.75, 3.05) is 38.7 Å². The SMILES string of the molecule is COc1cc2c(NC(C)C)c3c(nc2cc1OCCCN1CCCC1)CCCC3. The van der Waals surface area contributed by atoms with Gasteiger partial charge in [0.2, 0.25) is 0 Å². The van der Waals surface area contributed by atoms with E-state index in [1.54, 1.807) is 7.11 Å². The number of hydrogen-bond donors (Lipinski definition) is 1. The Labute approximate surface area is 174 Å². The van der Waals surface area contributed by atoms with E-state index in [2.05, 4.69) is 36.2 Å². The number of nitrogens with one attached hydrogen (secondary N) is 1. The Morgan fingerprint density at radius 2 is 1.86 bits per heavy atom. The van der Waals surface area contributed by atoms with Crippen LogP contribution in [-0.4, -0.2) is 49.3 Å². The fourth-order valence-corrected chi connectivity index (χ4v) is 4.63. The maximum absolute atomic E-state index is 6.15. The quantitative estimate of drug-likeness (QED) is 0.648. The summed E-state index contributed by atoms with van der Waals surface area (Å²) in [5.74, 6) is 1.60. The van der Waals surface area contributed by atoms with E-state index >= 15 is 0 Å². The summed E-state index contributed by atoms with van der Waals surface area (Å²) in [6.07, 6.45) is 8.34. The topological polar surface area (TPSA) is 46.6 Å². The van der Waals surface area contributed by atoms with Gasteiger partial charge in [-0.15, -0.1) is 0 Å². The highest BCUT2D eigenvalue weighted by Crippen LogP contribution is 2.39. The third kappa shape index (κ3) is 4.61. The molecule has 0 unspecified atom stereocenters. The first-order chi connectivity index (χ1) is 14.2. The Morgan fingerprint density at radius 3 is 2.62 bits per heavy atom. The summed E-state index contributed by atoms with van der Waals surface area (Å²) in [7, 11) is 1.72. The number of likely N-dealkylation sites (tertiary alicyclic amines) is 1. The zero-order valence-corrected chi connectivity index (χ0v) is 18.2. The standard InChI is InChI=1S/C24H35N3O2/c1-17(2)25-24-18-9-4-5-10-20(18)26-21-16-23(22(28-3)15-19(21)24)29-14-8-13-27-11-6-7-12-27/h15-17H,4-14H2,1-3H3,(H,25,26). The van der Waals surface area contributed by atoms with Crippen LogP contribution in [-0.2, 0) is 12.8 Å². The Balaban J connectivity index is 1.60. The molecule has 0 amide bonds. The number of aromatic nitrogens is 1. The number of anilines is 1. The molecule has 2 aliphatic rings. The van der Waals surface area contributed by atoms with Gasteiger partial charge in [-0.25, -0.2) is 0 Å². The first-order valence-electron chi connectivity index (χ1n) is 11.3. The third-order valence-electron chi connectivity index (χ3n) is 6.06. The van der Waals surface area contributed by atoms with Gasteiger partial charge >= 0.3 is 0 Å². The van der Waals surface area contributed by atoms with Crippen LogP contribution >= 0.6 is 0 Å². The number of methoxy groups -OCH3 is 1. The van der Waals surface area contributed by atoms with Crippen molar-refractivity contribution in [3.63, 3.8) is 0 Å². The molecule has 1 aromatic carbocycles. The Kier molecular flexibility index (Phi) is 6.43. The lowest BCUT2D eigenvalue weighted by molar-refractivity contribution is 0.254. The number of rotatable bonds is 8. The molecule has 2 aromatic rings. The number of nitrogens with zero attached hydrogens (tertiary/aromatic N) is 2. The van der Waals surface area contributed by atoms with Crippen molar-refractivity contribution in [1.82, 2.24) is 9.88 Å². The molecule has 1 N–H and O–H groups in total. The van der Waals surface area contributed by atoms with Gasteiger partial charge in [0.25, 0.3) is 0 Å².